The molecule has 0 fully saturated rings. The Labute approximate surface area is 150 Å². The highest BCUT2D eigenvalue weighted by Gasteiger charge is 2.04. The predicted octanol–water partition coefficient (Wildman–Crippen LogP) is 5.60. The van der Waals surface area contributed by atoms with Gasteiger partial charge in [-0.05, 0) is 55.3 Å². The monoisotopic (exact) mass is 382 g/mol. The molecule has 0 aliphatic rings. The summed E-state index contributed by atoms with van der Waals surface area (Å²) in [5.41, 5.74) is 4.18. The van der Waals surface area contributed by atoms with E-state index in [9.17, 15) is 0 Å². The lowest BCUT2D eigenvalue weighted by molar-refractivity contribution is 1.11. The number of aryl methyl sites for hydroxylation is 2. The summed E-state index contributed by atoms with van der Waals surface area (Å²) in [5.74, 6) is 1.34. The van der Waals surface area contributed by atoms with E-state index in [4.69, 9.17) is 0 Å². The Kier molecular flexibility index (Phi) is 5.11. The Hall–Kier alpha value is -2.40. The first kappa shape index (κ1) is 16.5. The minimum absolute atomic E-state index is 0.574. The second kappa shape index (κ2) is 7.45. The van der Waals surface area contributed by atoms with Gasteiger partial charge in [-0.3, -0.25) is 0 Å². The number of hydrogen-bond donors (Lipinski definition) is 2. The molecule has 0 aliphatic heterocycles. The average Bonchev–Trinajstić information content (AvgIpc) is 2.57. The van der Waals surface area contributed by atoms with Gasteiger partial charge in [0, 0.05) is 27.6 Å². The summed E-state index contributed by atoms with van der Waals surface area (Å²) in [6, 6.07) is 18.2. The van der Waals surface area contributed by atoms with Gasteiger partial charge in [-0.15, -0.1) is 0 Å². The quantitative estimate of drug-likeness (QED) is 0.602. The smallest absolute Gasteiger partial charge is 0.229 e. The van der Waals surface area contributed by atoms with Crippen molar-refractivity contribution in [1.29, 1.82) is 0 Å². The SMILES string of the molecule is CCc1ccc(Nc2cc(C)nc(Nc3ccc(Br)cc3)n2)cc1. The summed E-state index contributed by atoms with van der Waals surface area (Å²) in [6.45, 7) is 4.11. The van der Waals surface area contributed by atoms with E-state index >= 15 is 0 Å². The van der Waals surface area contributed by atoms with Gasteiger partial charge < -0.3 is 10.6 Å². The maximum atomic E-state index is 4.54. The Morgan fingerprint density at radius 3 is 2.17 bits per heavy atom. The number of nitrogens with one attached hydrogen (secondary N) is 2. The van der Waals surface area contributed by atoms with Crippen molar-refractivity contribution in [2.75, 3.05) is 10.6 Å². The molecule has 4 nitrogen and oxygen atoms in total. The molecule has 5 heteroatoms. The van der Waals surface area contributed by atoms with E-state index in [0.717, 1.165) is 33.8 Å². The number of rotatable bonds is 5. The van der Waals surface area contributed by atoms with E-state index in [2.05, 4.69) is 67.7 Å². The first-order valence-electron chi connectivity index (χ1n) is 7.86. The molecule has 2 N–H and O–H groups in total. The third kappa shape index (κ3) is 4.32. The zero-order chi connectivity index (χ0) is 16.9. The number of nitrogens with zero attached hydrogens (tertiary/aromatic N) is 2. The molecular weight excluding hydrogens is 364 g/mol. The molecule has 0 radical (unpaired) electrons. The summed E-state index contributed by atoms with van der Waals surface area (Å²) in [4.78, 5) is 8.99. The van der Waals surface area contributed by atoms with Crippen LogP contribution < -0.4 is 10.6 Å². The topological polar surface area (TPSA) is 49.8 Å². The van der Waals surface area contributed by atoms with Crippen molar-refractivity contribution in [3.05, 3.63) is 70.3 Å². The van der Waals surface area contributed by atoms with E-state index in [1.165, 1.54) is 5.56 Å². The van der Waals surface area contributed by atoms with Crippen LogP contribution in [0.2, 0.25) is 0 Å². The molecule has 122 valence electrons. The zero-order valence-corrected chi connectivity index (χ0v) is 15.3. The Balaban J connectivity index is 1.78. The standard InChI is InChI=1S/C19H19BrN4/c1-3-14-4-8-16(9-5-14)22-18-12-13(2)21-19(24-18)23-17-10-6-15(20)7-11-17/h4-12H,3H2,1-2H3,(H2,21,22,23,24). The van der Waals surface area contributed by atoms with Crippen LogP contribution in [-0.4, -0.2) is 9.97 Å². The highest BCUT2D eigenvalue weighted by Crippen LogP contribution is 2.21. The molecule has 0 bridgehead atoms. The fourth-order valence-corrected chi connectivity index (χ4v) is 2.59. The summed E-state index contributed by atoms with van der Waals surface area (Å²) >= 11 is 3.43. The Morgan fingerprint density at radius 1 is 0.875 bits per heavy atom. The first-order chi connectivity index (χ1) is 11.6. The maximum absolute atomic E-state index is 4.54. The number of benzene rings is 2. The second-order valence-corrected chi connectivity index (χ2v) is 6.44. The lowest BCUT2D eigenvalue weighted by Gasteiger charge is -2.10. The number of hydrogen-bond acceptors (Lipinski definition) is 4. The van der Waals surface area contributed by atoms with Crippen molar-refractivity contribution >= 4 is 39.1 Å². The van der Waals surface area contributed by atoms with Gasteiger partial charge in [-0.1, -0.05) is 35.0 Å². The molecule has 0 atom stereocenters. The van der Waals surface area contributed by atoms with Crippen molar-refractivity contribution in [2.45, 2.75) is 20.3 Å². The van der Waals surface area contributed by atoms with Gasteiger partial charge >= 0.3 is 0 Å². The fraction of sp³-hybridized carbons (Fsp3) is 0.158. The van der Waals surface area contributed by atoms with Crippen molar-refractivity contribution in [1.82, 2.24) is 9.97 Å². The van der Waals surface area contributed by atoms with Crippen LogP contribution in [0, 0.1) is 6.92 Å². The molecule has 1 aromatic heterocycles. The minimum atomic E-state index is 0.574. The lowest BCUT2D eigenvalue weighted by atomic mass is 10.1. The molecule has 0 saturated heterocycles. The van der Waals surface area contributed by atoms with Gasteiger partial charge in [0.1, 0.15) is 5.82 Å². The van der Waals surface area contributed by atoms with Gasteiger partial charge in [0.2, 0.25) is 5.95 Å². The lowest BCUT2D eigenvalue weighted by Crippen LogP contribution is -2.02. The molecule has 24 heavy (non-hydrogen) atoms. The molecule has 3 aromatic rings. The first-order valence-corrected chi connectivity index (χ1v) is 8.66. The molecule has 0 spiro atoms. The average molecular weight is 383 g/mol. The largest absolute Gasteiger partial charge is 0.340 e. The minimum Gasteiger partial charge on any atom is -0.340 e. The normalized spacial score (nSPS) is 10.5. The van der Waals surface area contributed by atoms with Gasteiger partial charge in [-0.2, -0.15) is 4.98 Å². The maximum Gasteiger partial charge on any atom is 0.229 e. The van der Waals surface area contributed by atoms with Crippen molar-refractivity contribution in [2.24, 2.45) is 0 Å². The van der Waals surface area contributed by atoms with Crippen molar-refractivity contribution in [3.63, 3.8) is 0 Å². The number of halogens is 1. The number of aromatic nitrogens is 2. The fourth-order valence-electron chi connectivity index (χ4n) is 2.32. The van der Waals surface area contributed by atoms with Crippen LogP contribution in [0.15, 0.2) is 59.1 Å². The third-order valence-electron chi connectivity index (χ3n) is 3.59. The number of anilines is 4. The molecular formula is C19H19BrN4. The summed E-state index contributed by atoms with van der Waals surface area (Å²) < 4.78 is 1.04. The van der Waals surface area contributed by atoms with Gasteiger partial charge in [0.25, 0.3) is 0 Å². The third-order valence-corrected chi connectivity index (χ3v) is 4.12. The summed E-state index contributed by atoms with van der Waals surface area (Å²) in [6.07, 6.45) is 1.04. The highest BCUT2D eigenvalue weighted by molar-refractivity contribution is 9.10. The molecule has 1 heterocycles. The summed E-state index contributed by atoms with van der Waals surface area (Å²) in [7, 11) is 0. The van der Waals surface area contributed by atoms with E-state index in [0.29, 0.717) is 5.95 Å². The molecule has 0 unspecified atom stereocenters. The highest BCUT2D eigenvalue weighted by atomic mass is 79.9. The van der Waals surface area contributed by atoms with E-state index in [-0.39, 0.29) is 0 Å². The van der Waals surface area contributed by atoms with E-state index in [1.54, 1.807) is 0 Å². The van der Waals surface area contributed by atoms with Crippen molar-refractivity contribution < 1.29 is 0 Å². The Morgan fingerprint density at radius 2 is 1.50 bits per heavy atom. The molecule has 2 aromatic carbocycles. The van der Waals surface area contributed by atoms with Crippen LogP contribution in [0.25, 0.3) is 0 Å². The van der Waals surface area contributed by atoms with Crippen LogP contribution >= 0.6 is 15.9 Å². The van der Waals surface area contributed by atoms with Crippen LogP contribution in [0.4, 0.5) is 23.1 Å². The van der Waals surface area contributed by atoms with Gasteiger partial charge in [-0.25, -0.2) is 4.98 Å². The molecule has 0 amide bonds. The zero-order valence-electron chi connectivity index (χ0n) is 13.7. The van der Waals surface area contributed by atoms with Crippen molar-refractivity contribution in [3.8, 4) is 0 Å². The van der Waals surface area contributed by atoms with Crippen LogP contribution in [-0.2, 0) is 6.42 Å². The molecule has 0 aliphatic carbocycles. The van der Waals surface area contributed by atoms with Crippen LogP contribution in [0.5, 0.6) is 0 Å². The predicted molar refractivity (Wildman–Crippen MR) is 103 cm³/mol. The Bertz CT molecular complexity index is 814. The van der Waals surface area contributed by atoms with E-state index < -0.39 is 0 Å². The second-order valence-electron chi connectivity index (χ2n) is 5.53. The molecule has 0 saturated carbocycles. The summed E-state index contributed by atoms with van der Waals surface area (Å²) in [5, 5.41) is 6.57. The van der Waals surface area contributed by atoms with Crippen LogP contribution in [0.1, 0.15) is 18.2 Å². The molecule has 3 rings (SSSR count). The van der Waals surface area contributed by atoms with Gasteiger partial charge in [0.15, 0.2) is 0 Å². The van der Waals surface area contributed by atoms with Gasteiger partial charge in [0.05, 0.1) is 0 Å². The van der Waals surface area contributed by atoms with Crippen LogP contribution in [0.3, 0.4) is 0 Å². The van der Waals surface area contributed by atoms with E-state index in [1.807, 2.05) is 37.3 Å².